The Morgan fingerprint density at radius 2 is 1.94 bits per heavy atom. The van der Waals surface area contributed by atoms with Crippen LogP contribution < -0.4 is 10.0 Å². The molecule has 0 bridgehead atoms. The number of nitrogens with zero attached hydrogens (tertiary/aromatic N) is 1. The molecule has 1 atom stereocenters. The van der Waals surface area contributed by atoms with Crippen molar-refractivity contribution in [1.29, 1.82) is 0 Å². The minimum atomic E-state index is -3.46. The summed E-state index contributed by atoms with van der Waals surface area (Å²) >= 11 is 0. The standard InChI is InChI=1S/C24H27N3O4S/c1-2-32(30,31)26-17-21-13-15-27(18-21)24(29)22-10-8-20(9-11-22)16-23(28)25-14-12-19-6-4-3-5-7-19/h2,4,6-11,21,26H,1,12-18H2,(H,25,28). The third-order valence-corrected chi connectivity index (χ3v) is 6.40. The maximum absolute atomic E-state index is 12.7. The van der Waals surface area contributed by atoms with Gasteiger partial charge in [0.05, 0.1) is 6.42 Å². The van der Waals surface area contributed by atoms with E-state index in [4.69, 9.17) is 0 Å². The van der Waals surface area contributed by atoms with Gasteiger partial charge in [-0.05, 0) is 60.2 Å². The van der Waals surface area contributed by atoms with Gasteiger partial charge in [0.25, 0.3) is 5.91 Å². The molecular weight excluding hydrogens is 426 g/mol. The smallest absolute Gasteiger partial charge is 0.253 e. The van der Waals surface area contributed by atoms with Gasteiger partial charge < -0.3 is 10.2 Å². The number of hydrogen-bond acceptors (Lipinski definition) is 4. The first kappa shape index (κ1) is 23.5. The van der Waals surface area contributed by atoms with Gasteiger partial charge in [0.2, 0.25) is 15.9 Å². The van der Waals surface area contributed by atoms with Crippen LogP contribution in [0.5, 0.6) is 0 Å². The largest absolute Gasteiger partial charge is 0.355 e. The van der Waals surface area contributed by atoms with Gasteiger partial charge in [-0.1, -0.05) is 30.8 Å². The van der Waals surface area contributed by atoms with E-state index in [1.807, 2.05) is 12.1 Å². The number of nitrogens with one attached hydrogen (secondary N) is 2. The summed E-state index contributed by atoms with van der Waals surface area (Å²) in [5.74, 6) is -0.0875. The second-order valence-corrected chi connectivity index (χ2v) is 9.49. The predicted octanol–water partition coefficient (Wildman–Crippen LogP) is 1.71. The van der Waals surface area contributed by atoms with E-state index in [0.717, 1.165) is 29.4 Å². The molecule has 1 unspecified atom stereocenters. The Balaban J connectivity index is 1.44. The van der Waals surface area contributed by atoms with Gasteiger partial charge in [0, 0.05) is 37.2 Å². The molecule has 1 saturated heterocycles. The third-order valence-electron chi connectivity index (χ3n) is 5.39. The first-order chi connectivity index (χ1) is 15.4. The molecule has 0 spiro atoms. The highest BCUT2D eigenvalue weighted by Gasteiger charge is 2.27. The molecule has 3 rings (SSSR count). The van der Waals surface area contributed by atoms with Crippen LogP contribution in [0, 0.1) is 18.1 Å². The molecule has 2 aromatic carbocycles. The molecule has 2 aromatic rings. The summed E-state index contributed by atoms with van der Waals surface area (Å²) in [6, 6.07) is 18.4. The summed E-state index contributed by atoms with van der Waals surface area (Å²) in [6.45, 7) is 5.19. The van der Waals surface area contributed by atoms with Crippen molar-refractivity contribution in [3.63, 3.8) is 0 Å². The zero-order valence-electron chi connectivity index (χ0n) is 17.8. The lowest BCUT2D eigenvalue weighted by molar-refractivity contribution is -0.120. The molecule has 0 aliphatic carbocycles. The molecule has 0 radical (unpaired) electrons. The van der Waals surface area contributed by atoms with E-state index >= 15 is 0 Å². The zero-order chi connectivity index (χ0) is 23.0. The topological polar surface area (TPSA) is 95.6 Å². The van der Waals surface area contributed by atoms with Crippen LogP contribution in [-0.4, -0.2) is 51.3 Å². The summed E-state index contributed by atoms with van der Waals surface area (Å²) in [5, 5.41) is 3.78. The SMILES string of the molecule is C=CS(=O)(=O)NCC1CCN(C(=O)c2ccc(CC(=O)NCCc3cc#ccc3)cc2)C1. The van der Waals surface area contributed by atoms with Gasteiger partial charge in [-0.3, -0.25) is 9.59 Å². The Labute approximate surface area is 189 Å². The summed E-state index contributed by atoms with van der Waals surface area (Å²) in [4.78, 5) is 26.6. The van der Waals surface area contributed by atoms with E-state index in [9.17, 15) is 18.0 Å². The average Bonchev–Trinajstić information content (AvgIpc) is 3.28. The number of carbonyl (C=O) groups excluding carboxylic acids is 2. The van der Waals surface area contributed by atoms with Crippen molar-refractivity contribution in [2.75, 3.05) is 26.2 Å². The van der Waals surface area contributed by atoms with Crippen molar-refractivity contribution in [2.45, 2.75) is 19.3 Å². The molecule has 1 heterocycles. The third kappa shape index (κ3) is 6.94. The molecular formula is C24H27N3O4S. The second-order valence-electron chi connectivity index (χ2n) is 7.78. The molecule has 1 aliphatic rings. The van der Waals surface area contributed by atoms with Gasteiger partial charge in [-0.15, -0.1) is 0 Å². The first-order valence-corrected chi connectivity index (χ1v) is 12.0. The molecule has 32 heavy (non-hydrogen) atoms. The highest BCUT2D eigenvalue weighted by Crippen LogP contribution is 2.19. The normalized spacial score (nSPS) is 15.8. The summed E-state index contributed by atoms with van der Waals surface area (Å²) < 4.78 is 25.4. The molecule has 0 saturated carbocycles. The Hall–Kier alpha value is -3.15. The fraction of sp³-hybridized carbons (Fsp3) is 0.333. The highest BCUT2D eigenvalue weighted by atomic mass is 32.2. The van der Waals surface area contributed by atoms with Crippen LogP contribution in [-0.2, 0) is 27.7 Å². The van der Waals surface area contributed by atoms with E-state index < -0.39 is 10.0 Å². The molecule has 2 amide bonds. The van der Waals surface area contributed by atoms with Crippen LogP contribution in [0.4, 0.5) is 0 Å². The minimum absolute atomic E-state index is 0.0695. The summed E-state index contributed by atoms with van der Waals surface area (Å²) in [5.41, 5.74) is 2.48. The maximum atomic E-state index is 12.7. The minimum Gasteiger partial charge on any atom is -0.355 e. The highest BCUT2D eigenvalue weighted by molar-refractivity contribution is 7.92. The van der Waals surface area contributed by atoms with E-state index in [-0.39, 0.29) is 30.7 Å². The molecule has 2 N–H and O–H groups in total. The van der Waals surface area contributed by atoms with Gasteiger partial charge in [-0.25, -0.2) is 13.1 Å². The summed E-state index contributed by atoms with van der Waals surface area (Å²) in [7, 11) is -3.46. The lowest BCUT2D eigenvalue weighted by atomic mass is 10.1. The molecule has 8 heteroatoms. The van der Waals surface area contributed by atoms with Crippen molar-refractivity contribution < 1.29 is 18.0 Å². The van der Waals surface area contributed by atoms with Gasteiger partial charge in [0.1, 0.15) is 0 Å². The quantitative estimate of drug-likeness (QED) is 0.573. The van der Waals surface area contributed by atoms with Gasteiger partial charge >= 0.3 is 0 Å². The average molecular weight is 454 g/mol. The Morgan fingerprint density at radius 3 is 2.62 bits per heavy atom. The number of likely N-dealkylation sites (tertiary alicyclic amines) is 1. The Morgan fingerprint density at radius 1 is 1.16 bits per heavy atom. The van der Waals surface area contributed by atoms with E-state index in [0.29, 0.717) is 25.2 Å². The Kier molecular flexibility index (Phi) is 8.03. The van der Waals surface area contributed by atoms with Crippen LogP contribution in [0.3, 0.4) is 0 Å². The zero-order valence-corrected chi connectivity index (χ0v) is 18.7. The number of sulfonamides is 1. The van der Waals surface area contributed by atoms with Crippen LogP contribution in [0.1, 0.15) is 27.9 Å². The monoisotopic (exact) mass is 453 g/mol. The van der Waals surface area contributed by atoms with E-state index in [1.54, 1.807) is 35.2 Å². The fourth-order valence-electron chi connectivity index (χ4n) is 3.55. The Bertz CT molecular complexity index is 1040. The van der Waals surface area contributed by atoms with E-state index in [1.165, 1.54) is 0 Å². The van der Waals surface area contributed by atoms with Gasteiger partial charge in [-0.2, -0.15) is 0 Å². The van der Waals surface area contributed by atoms with E-state index in [2.05, 4.69) is 28.8 Å². The van der Waals surface area contributed by atoms with Crippen molar-refractivity contribution in [2.24, 2.45) is 5.92 Å². The number of benzene rings is 1. The number of rotatable bonds is 10. The predicted molar refractivity (Wildman–Crippen MR) is 122 cm³/mol. The first-order valence-electron chi connectivity index (χ1n) is 10.5. The van der Waals surface area contributed by atoms with Crippen LogP contribution in [0.15, 0.2) is 54.5 Å². The maximum Gasteiger partial charge on any atom is 0.253 e. The second kappa shape index (κ2) is 10.9. The van der Waals surface area contributed by atoms with Crippen LogP contribution >= 0.6 is 0 Å². The molecule has 1 fully saturated rings. The molecule has 7 nitrogen and oxygen atoms in total. The number of carbonyl (C=O) groups is 2. The van der Waals surface area contributed by atoms with Crippen molar-refractivity contribution >= 4 is 21.8 Å². The molecule has 1 aliphatic heterocycles. The van der Waals surface area contributed by atoms with Crippen LogP contribution in [0.25, 0.3) is 0 Å². The van der Waals surface area contributed by atoms with Gasteiger partial charge in [0.15, 0.2) is 0 Å². The van der Waals surface area contributed by atoms with Crippen molar-refractivity contribution in [3.8, 4) is 0 Å². The lowest BCUT2D eigenvalue weighted by Crippen LogP contribution is -2.32. The van der Waals surface area contributed by atoms with Crippen molar-refractivity contribution in [1.82, 2.24) is 14.9 Å². The fourth-order valence-corrected chi connectivity index (χ4v) is 4.14. The number of hydrogen-bond donors (Lipinski definition) is 2. The summed E-state index contributed by atoms with van der Waals surface area (Å²) in [6.07, 6.45) is 1.72. The number of amides is 2. The molecule has 0 aromatic heterocycles. The lowest BCUT2D eigenvalue weighted by Gasteiger charge is -2.17. The van der Waals surface area contributed by atoms with Crippen LogP contribution in [0.2, 0.25) is 0 Å². The molecule has 168 valence electrons. The van der Waals surface area contributed by atoms with Crippen molar-refractivity contribution in [3.05, 3.63) is 83.3 Å².